The minimum Gasteiger partial charge on any atom is -0.353 e. The third kappa shape index (κ3) is 4.67. The molecule has 1 saturated carbocycles. The fourth-order valence-electron chi connectivity index (χ4n) is 5.12. The fourth-order valence-corrected chi connectivity index (χ4v) is 6.46. The summed E-state index contributed by atoms with van der Waals surface area (Å²) < 4.78 is 2.09. The third-order valence-corrected chi connectivity index (χ3v) is 8.68. The van der Waals surface area contributed by atoms with Crippen LogP contribution in [0.5, 0.6) is 0 Å². The van der Waals surface area contributed by atoms with E-state index in [1.54, 1.807) is 11.3 Å². The highest BCUT2D eigenvalue weighted by atomic mass is 35.5. The summed E-state index contributed by atoms with van der Waals surface area (Å²) in [7, 11) is 2.01. The molecule has 3 heterocycles. The number of aryl methyl sites for hydroxylation is 2. The largest absolute Gasteiger partial charge is 0.353 e. The van der Waals surface area contributed by atoms with Crippen molar-refractivity contribution in [2.75, 3.05) is 7.05 Å². The van der Waals surface area contributed by atoms with Crippen LogP contribution in [0.3, 0.4) is 0 Å². The highest BCUT2D eigenvalue weighted by molar-refractivity contribution is 7.15. The Bertz CT molecular complexity index is 1270. The summed E-state index contributed by atoms with van der Waals surface area (Å²) in [6.45, 7) is 6.21. The number of hydrogen-bond donors (Lipinski definition) is 2. The quantitative estimate of drug-likeness (QED) is 0.514. The van der Waals surface area contributed by atoms with E-state index in [0.29, 0.717) is 16.9 Å². The van der Waals surface area contributed by atoms with Crippen molar-refractivity contribution in [2.24, 2.45) is 4.99 Å². The number of nitrogens with zero attached hydrogens (tertiary/aromatic N) is 4. The summed E-state index contributed by atoms with van der Waals surface area (Å²) in [6.07, 6.45) is 4.37. The van der Waals surface area contributed by atoms with Gasteiger partial charge < -0.3 is 10.6 Å². The molecule has 0 spiro atoms. The van der Waals surface area contributed by atoms with Crippen LogP contribution in [-0.4, -0.2) is 45.5 Å². The number of fused-ring (bicyclic) bond motifs is 3. The molecule has 2 aromatic heterocycles. The van der Waals surface area contributed by atoms with Crippen LogP contribution in [0.4, 0.5) is 0 Å². The van der Waals surface area contributed by atoms with Gasteiger partial charge in [0, 0.05) is 33.1 Å². The van der Waals surface area contributed by atoms with Gasteiger partial charge in [-0.25, -0.2) is 0 Å². The third-order valence-electron chi connectivity index (χ3n) is 7.24. The highest BCUT2D eigenvalue weighted by Crippen LogP contribution is 2.39. The number of hydrogen-bond acceptors (Lipinski definition) is 6. The van der Waals surface area contributed by atoms with Crippen LogP contribution in [0.25, 0.3) is 5.00 Å². The molecule has 0 unspecified atom stereocenters. The SMILES string of the molecule is CN[C@H]1CC[C@@H](NC(=O)C[C@@H]2N=C(c3ccc(Cl)cc3)c3c(sc(C)c3C)-n3c(C)nnc32)CC1. The van der Waals surface area contributed by atoms with Gasteiger partial charge in [0.15, 0.2) is 5.82 Å². The van der Waals surface area contributed by atoms with Gasteiger partial charge in [-0.3, -0.25) is 14.4 Å². The predicted molar refractivity (Wildman–Crippen MR) is 141 cm³/mol. The molecule has 0 bridgehead atoms. The van der Waals surface area contributed by atoms with E-state index in [9.17, 15) is 4.79 Å². The molecule has 1 atom stereocenters. The van der Waals surface area contributed by atoms with Crippen LogP contribution in [0.1, 0.15) is 71.4 Å². The molecule has 1 aliphatic heterocycles. The second-order valence-electron chi connectivity index (χ2n) is 9.51. The zero-order valence-corrected chi connectivity index (χ0v) is 22.1. The molecule has 7 nitrogen and oxygen atoms in total. The number of aromatic nitrogens is 3. The number of carbonyl (C=O) groups is 1. The zero-order valence-electron chi connectivity index (χ0n) is 20.6. The Hall–Kier alpha value is -2.55. The minimum atomic E-state index is -0.435. The number of nitrogens with one attached hydrogen (secondary N) is 2. The van der Waals surface area contributed by atoms with Crippen molar-refractivity contribution >= 4 is 34.6 Å². The molecule has 3 aromatic rings. The molecule has 0 radical (unpaired) electrons. The van der Waals surface area contributed by atoms with E-state index in [4.69, 9.17) is 16.6 Å². The minimum absolute atomic E-state index is 0.00692. The molecule has 2 N–H and O–H groups in total. The second kappa shape index (κ2) is 9.84. The van der Waals surface area contributed by atoms with E-state index >= 15 is 0 Å². The molecular weight excluding hydrogens is 480 g/mol. The van der Waals surface area contributed by atoms with Crippen LogP contribution in [0.15, 0.2) is 29.3 Å². The lowest BCUT2D eigenvalue weighted by atomic mass is 9.91. The maximum absolute atomic E-state index is 13.2. The van der Waals surface area contributed by atoms with Gasteiger partial charge >= 0.3 is 0 Å². The maximum atomic E-state index is 13.2. The van der Waals surface area contributed by atoms with Crippen LogP contribution in [0.2, 0.25) is 5.02 Å². The first kappa shape index (κ1) is 24.2. The number of rotatable bonds is 5. The van der Waals surface area contributed by atoms with E-state index in [2.05, 4.69) is 39.2 Å². The molecule has 184 valence electrons. The monoisotopic (exact) mass is 510 g/mol. The van der Waals surface area contributed by atoms with E-state index in [1.807, 2.05) is 38.2 Å². The topological polar surface area (TPSA) is 84.2 Å². The smallest absolute Gasteiger partial charge is 0.222 e. The van der Waals surface area contributed by atoms with Gasteiger partial charge in [-0.15, -0.1) is 21.5 Å². The predicted octanol–water partition coefficient (Wildman–Crippen LogP) is 4.84. The standard InChI is InChI=1S/C26H31ClN6OS/c1-14-15(2)35-26-23(14)24(17-5-7-18(27)8-6-17)30-21(25-32-31-16(3)33(25)26)13-22(34)29-20-11-9-19(28-4)10-12-20/h5-8,19-21,28H,9-13H2,1-4H3,(H,29,34)/t19-,20+,21-/m0/s1. The van der Waals surface area contributed by atoms with Crippen molar-refractivity contribution in [3.63, 3.8) is 0 Å². The van der Waals surface area contributed by atoms with Crippen LogP contribution in [0, 0.1) is 20.8 Å². The van der Waals surface area contributed by atoms with Gasteiger partial charge in [-0.05, 0) is 71.2 Å². The average molecular weight is 511 g/mol. The lowest BCUT2D eigenvalue weighted by molar-refractivity contribution is -0.122. The number of thiophene rings is 1. The van der Waals surface area contributed by atoms with Crippen LogP contribution in [-0.2, 0) is 4.79 Å². The summed E-state index contributed by atoms with van der Waals surface area (Å²) in [5.74, 6) is 1.52. The first-order valence-electron chi connectivity index (χ1n) is 12.2. The van der Waals surface area contributed by atoms with Gasteiger partial charge in [-0.2, -0.15) is 0 Å². The van der Waals surface area contributed by atoms with Gasteiger partial charge in [0.2, 0.25) is 5.91 Å². The number of benzene rings is 1. The Kier molecular flexibility index (Phi) is 6.79. The van der Waals surface area contributed by atoms with Crippen molar-refractivity contribution in [1.82, 2.24) is 25.4 Å². The average Bonchev–Trinajstić information content (AvgIpc) is 3.32. The van der Waals surface area contributed by atoms with E-state index in [1.165, 1.54) is 10.4 Å². The summed E-state index contributed by atoms with van der Waals surface area (Å²) in [5.41, 5.74) is 4.11. The van der Waals surface area contributed by atoms with Gasteiger partial charge in [0.05, 0.1) is 12.1 Å². The Balaban J connectivity index is 1.52. The first-order valence-corrected chi connectivity index (χ1v) is 13.4. The molecular formula is C26H31ClN6OS. The molecule has 2 aliphatic rings. The molecule has 35 heavy (non-hydrogen) atoms. The molecule has 1 fully saturated rings. The molecule has 1 aromatic carbocycles. The summed E-state index contributed by atoms with van der Waals surface area (Å²) in [5, 5.41) is 17.2. The summed E-state index contributed by atoms with van der Waals surface area (Å²) >= 11 is 7.90. The van der Waals surface area contributed by atoms with Crippen molar-refractivity contribution in [3.8, 4) is 5.00 Å². The van der Waals surface area contributed by atoms with Gasteiger partial charge in [0.1, 0.15) is 16.9 Å². The molecule has 1 amide bonds. The second-order valence-corrected chi connectivity index (χ2v) is 11.2. The first-order chi connectivity index (χ1) is 16.9. The lowest BCUT2D eigenvalue weighted by Crippen LogP contribution is -2.41. The van der Waals surface area contributed by atoms with Crippen LogP contribution < -0.4 is 10.6 Å². The highest BCUT2D eigenvalue weighted by Gasteiger charge is 2.33. The Morgan fingerprint density at radius 2 is 1.77 bits per heavy atom. The molecule has 5 rings (SSSR count). The fraction of sp³-hybridized carbons (Fsp3) is 0.462. The van der Waals surface area contributed by atoms with Crippen molar-refractivity contribution < 1.29 is 4.79 Å². The maximum Gasteiger partial charge on any atom is 0.222 e. The number of amides is 1. The van der Waals surface area contributed by atoms with Crippen molar-refractivity contribution in [3.05, 3.63) is 62.5 Å². The van der Waals surface area contributed by atoms with Crippen molar-refractivity contribution in [2.45, 2.75) is 71.0 Å². The number of carbonyl (C=O) groups excluding carboxylic acids is 1. The Morgan fingerprint density at radius 3 is 2.46 bits per heavy atom. The molecule has 1 aliphatic carbocycles. The zero-order chi connectivity index (χ0) is 24.7. The molecule has 9 heteroatoms. The molecule has 0 saturated heterocycles. The summed E-state index contributed by atoms with van der Waals surface area (Å²) in [6, 6.07) is 8.07. The number of halogens is 1. The van der Waals surface area contributed by atoms with Gasteiger partial charge in [0.25, 0.3) is 0 Å². The Labute approximate surface area is 215 Å². The van der Waals surface area contributed by atoms with E-state index in [0.717, 1.165) is 53.3 Å². The van der Waals surface area contributed by atoms with E-state index < -0.39 is 6.04 Å². The van der Waals surface area contributed by atoms with E-state index in [-0.39, 0.29) is 18.4 Å². The van der Waals surface area contributed by atoms with Crippen molar-refractivity contribution in [1.29, 1.82) is 0 Å². The van der Waals surface area contributed by atoms with Crippen LogP contribution >= 0.6 is 22.9 Å². The normalized spacial score (nSPS) is 21.6. The van der Waals surface area contributed by atoms with Gasteiger partial charge in [-0.1, -0.05) is 23.7 Å². The lowest BCUT2D eigenvalue weighted by Gasteiger charge is -2.29. The summed E-state index contributed by atoms with van der Waals surface area (Å²) in [4.78, 5) is 19.6. The number of aliphatic imine (C=N–C) groups is 1. The Morgan fingerprint density at radius 1 is 1.09 bits per heavy atom.